The van der Waals surface area contributed by atoms with Gasteiger partial charge >= 0.3 is 11.8 Å². The summed E-state index contributed by atoms with van der Waals surface area (Å²) in [5, 5.41) is 9.28. The van der Waals surface area contributed by atoms with E-state index in [9.17, 15) is 14.4 Å². The monoisotopic (exact) mass is 430 g/mol. The van der Waals surface area contributed by atoms with Gasteiger partial charge in [0.2, 0.25) is 0 Å². The Bertz CT molecular complexity index is 975. The Balaban J connectivity index is 1.99. The number of nitrogens with zero attached hydrogens (tertiary/aromatic N) is 1. The van der Waals surface area contributed by atoms with Gasteiger partial charge in [-0.15, -0.1) is 0 Å². The van der Waals surface area contributed by atoms with Gasteiger partial charge in [0.25, 0.3) is 5.91 Å². The molecule has 9 heteroatoms. The van der Waals surface area contributed by atoms with Crippen LogP contribution < -0.4 is 20.8 Å². The zero-order chi connectivity index (χ0) is 22.1. The molecule has 8 nitrogen and oxygen atoms in total. The van der Waals surface area contributed by atoms with Crippen molar-refractivity contribution < 1.29 is 19.1 Å². The number of rotatable bonds is 7. The second kappa shape index (κ2) is 11.0. The third-order valence-corrected chi connectivity index (χ3v) is 4.27. The number of aryl methyl sites for hydroxylation is 2. The van der Waals surface area contributed by atoms with E-state index >= 15 is 0 Å². The number of benzene rings is 2. The highest BCUT2D eigenvalue weighted by Crippen LogP contribution is 2.21. The summed E-state index contributed by atoms with van der Waals surface area (Å²) in [7, 11) is 0. The molecule has 3 N–H and O–H groups in total. The van der Waals surface area contributed by atoms with E-state index in [2.05, 4.69) is 21.2 Å². The average molecular weight is 431 g/mol. The van der Waals surface area contributed by atoms with Gasteiger partial charge in [0, 0.05) is 22.8 Å². The van der Waals surface area contributed by atoms with E-state index in [1.807, 2.05) is 32.0 Å². The highest BCUT2D eigenvalue weighted by atomic mass is 35.5. The molecule has 0 aliphatic heterocycles. The predicted octanol–water partition coefficient (Wildman–Crippen LogP) is 2.56. The summed E-state index contributed by atoms with van der Waals surface area (Å²) < 4.78 is 5.57. The van der Waals surface area contributed by atoms with Crippen molar-refractivity contribution in [3.63, 3.8) is 0 Å². The molecule has 3 amide bonds. The third kappa shape index (κ3) is 6.89. The zero-order valence-corrected chi connectivity index (χ0v) is 17.7. The number of hydrazone groups is 1. The lowest BCUT2D eigenvalue weighted by atomic mass is 10.1. The van der Waals surface area contributed by atoms with Gasteiger partial charge in [0.1, 0.15) is 5.75 Å². The average Bonchev–Trinajstić information content (AvgIpc) is 2.70. The molecule has 0 radical (unpaired) electrons. The summed E-state index contributed by atoms with van der Waals surface area (Å²) in [6, 6.07) is 10.4. The maximum absolute atomic E-state index is 12.2. The molecule has 0 fully saturated rings. The molecule has 2 rings (SSSR count). The van der Waals surface area contributed by atoms with Crippen LogP contribution in [0.1, 0.15) is 23.6 Å². The Hall–Kier alpha value is -3.39. The van der Waals surface area contributed by atoms with Gasteiger partial charge in [-0.05, 0) is 62.2 Å². The highest BCUT2D eigenvalue weighted by Gasteiger charge is 2.11. The fourth-order valence-electron chi connectivity index (χ4n) is 2.36. The molecule has 158 valence electrons. The first-order valence-electron chi connectivity index (χ1n) is 9.20. The summed E-state index contributed by atoms with van der Waals surface area (Å²) in [6.45, 7) is 5.74. The first kappa shape index (κ1) is 22.9. The molecule has 0 heterocycles. The Morgan fingerprint density at radius 1 is 1.07 bits per heavy atom. The van der Waals surface area contributed by atoms with Gasteiger partial charge in [-0.2, -0.15) is 5.10 Å². The van der Waals surface area contributed by atoms with Gasteiger partial charge in [-0.1, -0.05) is 17.7 Å². The lowest BCUT2D eigenvalue weighted by Crippen LogP contribution is -2.37. The fourth-order valence-corrected chi connectivity index (χ4v) is 2.54. The quantitative estimate of drug-likeness (QED) is 0.356. The van der Waals surface area contributed by atoms with Crippen LogP contribution in [0.3, 0.4) is 0 Å². The fraction of sp³-hybridized carbons (Fsp3) is 0.238. The van der Waals surface area contributed by atoms with Crippen LogP contribution in [0.15, 0.2) is 41.5 Å². The number of ether oxygens (including phenoxy) is 1. The molecule has 0 saturated carbocycles. The molecule has 0 spiro atoms. The molecule has 0 unspecified atom stereocenters. The number of likely N-dealkylation sites (N-methyl/N-ethyl adjacent to an activating group) is 1. The molecular weight excluding hydrogens is 408 g/mol. The standard InChI is InChI=1S/C21H23ClN4O4/c1-4-23-20(28)21(29)26-24-11-15-10-16(22)6-8-18(15)30-12-19(27)25-17-7-5-13(2)14(3)9-17/h5-11H,4,12H2,1-3H3,(H,23,28)(H,25,27)(H,26,29)/b24-11-. The lowest BCUT2D eigenvalue weighted by molar-refractivity contribution is -0.139. The van der Waals surface area contributed by atoms with E-state index < -0.39 is 11.8 Å². The van der Waals surface area contributed by atoms with Crippen molar-refractivity contribution in [3.8, 4) is 5.75 Å². The molecule has 0 atom stereocenters. The van der Waals surface area contributed by atoms with Crippen LogP contribution >= 0.6 is 11.6 Å². The van der Waals surface area contributed by atoms with Crippen molar-refractivity contribution in [1.82, 2.24) is 10.7 Å². The van der Waals surface area contributed by atoms with Crippen LogP contribution in [0, 0.1) is 13.8 Å². The van der Waals surface area contributed by atoms with Gasteiger partial charge in [0.05, 0.1) is 6.21 Å². The number of anilines is 1. The van der Waals surface area contributed by atoms with Crippen molar-refractivity contribution in [3.05, 3.63) is 58.1 Å². The van der Waals surface area contributed by atoms with E-state index in [0.29, 0.717) is 28.6 Å². The Kier molecular flexibility index (Phi) is 8.37. The molecule has 0 bridgehead atoms. The van der Waals surface area contributed by atoms with E-state index in [1.165, 1.54) is 6.21 Å². The van der Waals surface area contributed by atoms with Crippen LogP contribution in [0.4, 0.5) is 5.69 Å². The number of hydrogen-bond acceptors (Lipinski definition) is 5. The van der Waals surface area contributed by atoms with Crippen molar-refractivity contribution in [1.29, 1.82) is 0 Å². The van der Waals surface area contributed by atoms with Gasteiger partial charge in [-0.3, -0.25) is 14.4 Å². The van der Waals surface area contributed by atoms with E-state index in [-0.39, 0.29) is 12.5 Å². The zero-order valence-electron chi connectivity index (χ0n) is 16.9. The minimum Gasteiger partial charge on any atom is -0.483 e. The topological polar surface area (TPSA) is 109 Å². The van der Waals surface area contributed by atoms with Crippen LogP contribution in [0.2, 0.25) is 5.02 Å². The van der Waals surface area contributed by atoms with Crippen LogP contribution in [-0.4, -0.2) is 37.1 Å². The normalized spacial score (nSPS) is 10.5. The molecule has 0 aromatic heterocycles. The van der Waals surface area contributed by atoms with Crippen molar-refractivity contribution >= 4 is 41.2 Å². The number of amides is 3. The summed E-state index contributed by atoms with van der Waals surface area (Å²) in [6.07, 6.45) is 1.28. The molecule has 30 heavy (non-hydrogen) atoms. The summed E-state index contributed by atoms with van der Waals surface area (Å²) in [5.74, 6) is -1.68. The highest BCUT2D eigenvalue weighted by molar-refractivity contribution is 6.35. The number of halogens is 1. The van der Waals surface area contributed by atoms with Crippen molar-refractivity contribution in [2.45, 2.75) is 20.8 Å². The lowest BCUT2D eigenvalue weighted by Gasteiger charge is -2.11. The number of carbonyl (C=O) groups is 3. The maximum Gasteiger partial charge on any atom is 0.329 e. The van der Waals surface area contributed by atoms with Gasteiger partial charge < -0.3 is 15.4 Å². The Labute approximate surface area is 179 Å². The van der Waals surface area contributed by atoms with Crippen molar-refractivity contribution in [2.24, 2.45) is 5.10 Å². The Morgan fingerprint density at radius 3 is 2.53 bits per heavy atom. The van der Waals surface area contributed by atoms with Crippen LogP contribution in [-0.2, 0) is 14.4 Å². The summed E-state index contributed by atoms with van der Waals surface area (Å²) >= 11 is 6.00. The molecule has 0 saturated heterocycles. The second-order valence-electron chi connectivity index (χ2n) is 6.38. The van der Waals surface area contributed by atoms with Crippen molar-refractivity contribution in [2.75, 3.05) is 18.5 Å². The van der Waals surface area contributed by atoms with Crippen LogP contribution in [0.25, 0.3) is 0 Å². The number of nitrogens with one attached hydrogen (secondary N) is 3. The molecule has 2 aromatic carbocycles. The third-order valence-electron chi connectivity index (χ3n) is 4.03. The molecule has 0 aliphatic carbocycles. The Morgan fingerprint density at radius 2 is 1.83 bits per heavy atom. The van der Waals surface area contributed by atoms with Gasteiger partial charge in [0.15, 0.2) is 6.61 Å². The largest absolute Gasteiger partial charge is 0.483 e. The maximum atomic E-state index is 12.2. The number of carbonyl (C=O) groups excluding carboxylic acids is 3. The number of hydrogen-bond donors (Lipinski definition) is 3. The molecular formula is C21H23ClN4O4. The minimum atomic E-state index is -0.898. The van der Waals surface area contributed by atoms with Gasteiger partial charge in [-0.25, -0.2) is 5.43 Å². The molecule has 0 aliphatic rings. The van der Waals surface area contributed by atoms with E-state index in [0.717, 1.165) is 11.1 Å². The summed E-state index contributed by atoms with van der Waals surface area (Å²) in [5.41, 5.74) is 5.42. The van der Waals surface area contributed by atoms with Crippen LogP contribution in [0.5, 0.6) is 5.75 Å². The first-order chi connectivity index (χ1) is 14.3. The van der Waals surface area contributed by atoms with E-state index in [1.54, 1.807) is 25.1 Å². The second-order valence-corrected chi connectivity index (χ2v) is 6.81. The molecule has 2 aromatic rings. The smallest absolute Gasteiger partial charge is 0.329 e. The minimum absolute atomic E-state index is 0.235. The van der Waals surface area contributed by atoms with E-state index in [4.69, 9.17) is 16.3 Å². The first-order valence-corrected chi connectivity index (χ1v) is 9.58. The SMILES string of the molecule is CCNC(=O)C(=O)N/N=C\c1cc(Cl)ccc1OCC(=O)Nc1ccc(C)c(C)c1. The predicted molar refractivity (Wildman–Crippen MR) is 116 cm³/mol. The summed E-state index contributed by atoms with van der Waals surface area (Å²) in [4.78, 5) is 35.2.